The molecule has 0 aromatic heterocycles. The Morgan fingerprint density at radius 1 is 1.00 bits per heavy atom. The monoisotopic (exact) mass is 265 g/mol. The molecule has 4 saturated carbocycles. The largest absolute Gasteiger partial charge is 0.391 e. The lowest BCUT2D eigenvalue weighted by Crippen LogP contribution is -2.55. The van der Waals surface area contributed by atoms with Gasteiger partial charge in [0.05, 0.1) is 19.3 Å². The first-order valence-electron chi connectivity index (χ1n) is 8.22. The number of β-amino-alcohol motifs (C(OH)–C–C–N with tert-alkyl or cyclic N) is 1. The number of aliphatic hydroxyl groups is 1. The van der Waals surface area contributed by atoms with Gasteiger partial charge in [-0.1, -0.05) is 0 Å². The Bertz CT molecular complexity index is 302. The average molecular weight is 265 g/mol. The molecule has 1 heterocycles. The third-order valence-corrected chi connectivity index (χ3v) is 6.33. The molecule has 1 saturated heterocycles. The van der Waals surface area contributed by atoms with Crippen LogP contribution in [0.2, 0.25) is 0 Å². The van der Waals surface area contributed by atoms with Crippen molar-refractivity contribution in [3.05, 3.63) is 0 Å². The van der Waals surface area contributed by atoms with Gasteiger partial charge < -0.3 is 9.84 Å². The third kappa shape index (κ3) is 2.24. The second-order valence-electron chi connectivity index (χ2n) is 7.71. The van der Waals surface area contributed by atoms with Gasteiger partial charge in [-0.05, 0) is 61.7 Å². The maximum Gasteiger partial charge on any atom is 0.0723 e. The Kier molecular flexibility index (Phi) is 3.13. The fourth-order valence-corrected chi connectivity index (χ4v) is 5.81. The van der Waals surface area contributed by atoms with Crippen LogP contribution in [0.4, 0.5) is 0 Å². The zero-order chi connectivity index (χ0) is 12.9. The normalized spacial score (nSPS) is 47.5. The van der Waals surface area contributed by atoms with Gasteiger partial charge in [-0.25, -0.2) is 0 Å². The summed E-state index contributed by atoms with van der Waals surface area (Å²) in [7, 11) is 0. The molecule has 3 heteroatoms. The molecule has 0 radical (unpaired) electrons. The highest BCUT2D eigenvalue weighted by molar-refractivity contribution is 5.04. The molecule has 0 unspecified atom stereocenters. The lowest BCUT2D eigenvalue weighted by atomic mass is 9.48. The van der Waals surface area contributed by atoms with Gasteiger partial charge in [-0.2, -0.15) is 0 Å². The zero-order valence-corrected chi connectivity index (χ0v) is 11.9. The van der Waals surface area contributed by atoms with Crippen LogP contribution in [0.1, 0.15) is 38.5 Å². The average Bonchev–Trinajstić information content (AvgIpc) is 2.38. The minimum Gasteiger partial charge on any atom is -0.391 e. The van der Waals surface area contributed by atoms with Crippen LogP contribution in [0.25, 0.3) is 0 Å². The van der Waals surface area contributed by atoms with Gasteiger partial charge in [0.25, 0.3) is 0 Å². The van der Waals surface area contributed by atoms with E-state index in [0.29, 0.717) is 0 Å². The van der Waals surface area contributed by atoms with Gasteiger partial charge in [0.15, 0.2) is 0 Å². The van der Waals surface area contributed by atoms with Crippen LogP contribution < -0.4 is 0 Å². The van der Waals surface area contributed by atoms with Gasteiger partial charge in [-0.3, -0.25) is 4.90 Å². The van der Waals surface area contributed by atoms with Crippen LogP contribution in [0.15, 0.2) is 0 Å². The van der Waals surface area contributed by atoms with Crippen molar-refractivity contribution in [3.63, 3.8) is 0 Å². The van der Waals surface area contributed by atoms with E-state index in [0.717, 1.165) is 50.6 Å². The van der Waals surface area contributed by atoms with Crippen molar-refractivity contribution in [2.75, 3.05) is 32.8 Å². The fourth-order valence-electron chi connectivity index (χ4n) is 5.81. The van der Waals surface area contributed by atoms with E-state index < -0.39 is 0 Å². The lowest BCUT2D eigenvalue weighted by molar-refractivity contribution is -0.130. The van der Waals surface area contributed by atoms with Crippen LogP contribution in [-0.4, -0.2) is 49.0 Å². The number of hydrogen-bond acceptors (Lipinski definition) is 3. The number of nitrogens with zero attached hydrogens (tertiary/aromatic N) is 1. The summed E-state index contributed by atoms with van der Waals surface area (Å²) in [5.41, 5.74) is 0.285. The Labute approximate surface area is 116 Å². The number of ether oxygens (including phenoxy) is 1. The maximum absolute atomic E-state index is 10.9. The summed E-state index contributed by atoms with van der Waals surface area (Å²) in [5.74, 6) is 2.81. The molecular formula is C16H27NO2. The molecule has 19 heavy (non-hydrogen) atoms. The van der Waals surface area contributed by atoms with Crippen molar-refractivity contribution in [2.45, 2.75) is 44.6 Å². The highest BCUT2D eigenvalue weighted by atomic mass is 16.5. The maximum atomic E-state index is 10.9. The molecule has 1 atom stereocenters. The molecule has 1 N–H and O–H groups in total. The number of rotatable bonds is 3. The summed E-state index contributed by atoms with van der Waals surface area (Å²) in [6.45, 7) is 4.57. The molecule has 3 nitrogen and oxygen atoms in total. The second kappa shape index (κ2) is 4.71. The molecular weight excluding hydrogens is 238 g/mol. The van der Waals surface area contributed by atoms with Crippen molar-refractivity contribution < 1.29 is 9.84 Å². The molecule has 5 fully saturated rings. The molecule has 0 amide bonds. The van der Waals surface area contributed by atoms with Gasteiger partial charge in [-0.15, -0.1) is 0 Å². The smallest absolute Gasteiger partial charge is 0.0723 e. The molecule has 4 bridgehead atoms. The van der Waals surface area contributed by atoms with E-state index in [1.54, 1.807) is 0 Å². The molecule has 0 spiro atoms. The summed E-state index contributed by atoms with van der Waals surface area (Å²) in [5, 5.41) is 10.9. The van der Waals surface area contributed by atoms with Gasteiger partial charge in [0.2, 0.25) is 0 Å². The summed E-state index contributed by atoms with van der Waals surface area (Å²) in [4.78, 5) is 2.41. The van der Waals surface area contributed by atoms with Crippen molar-refractivity contribution >= 4 is 0 Å². The number of aliphatic hydroxyl groups excluding tert-OH is 1. The fraction of sp³-hybridized carbons (Fsp3) is 1.00. The topological polar surface area (TPSA) is 32.7 Å². The first-order valence-corrected chi connectivity index (χ1v) is 8.22. The van der Waals surface area contributed by atoms with Crippen molar-refractivity contribution in [1.82, 2.24) is 4.90 Å². The Hall–Kier alpha value is -0.120. The van der Waals surface area contributed by atoms with E-state index in [1.165, 1.54) is 38.5 Å². The van der Waals surface area contributed by atoms with E-state index >= 15 is 0 Å². The van der Waals surface area contributed by atoms with E-state index in [2.05, 4.69) is 4.90 Å². The van der Waals surface area contributed by atoms with Crippen molar-refractivity contribution in [1.29, 1.82) is 0 Å². The highest BCUT2D eigenvalue weighted by Crippen LogP contribution is 2.61. The molecule has 0 aromatic carbocycles. The molecule has 0 aromatic rings. The van der Waals surface area contributed by atoms with Crippen molar-refractivity contribution in [3.8, 4) is 0 Å². The lowest BCUT2D eigenvalue weighted by Gasteiger charge is -2.58. The quantitative estimate of drug-likeness (QED) is 0.846. The summed E-state index contributed by atoms with van der Waals surface area (Å²) in [6, 6.07) is 0. The van der Waals surface area contributed by atoms with Crippen LogP contribution in [0, 0.1) is 23.2 Å². The summed E-state index contributed by atoms with van der Waals surface area (Å²) < 4.78 is 5.41. The summed E-state index contributed by atoms with van der Waals surface area (Å²) >= 11 is 0. The first-order chi connectivity index (χ1) is 9.23. The Morgan fingerprint density at radius 3 is 2.05 bits per heavy atom. The number of morpholine rings is 1. The third-order valence-electron chi connectivity index (χ3n) is 6.33. The SMILES string of the molecule is O[C@@H](CN1CCOCC1)C12CC3CC(CC(C3)C1)C2. The van der Waals surface area contributed by atoms with Crippen LogP contribution in [0.3, 0.4) is 0 Å². The van der Waals surface area contributed by atoms with Crippen LogP contribution in [-0.2, 0) is 4.74 Å². The molecule has 5 aliphatic rings. The van der Waals surface area contributed by atoms with Gasteiger partial charge in [0.1, 0.15) is 0 Å². The predicted octanol–water partition coefficient (Wildman–Crippen LogP) is 1.90. The number of hydrogen-bond donors (Lipinski definition) is 1. The van der Waals surface area contributed by atoms with Gasteiger partial charge >= 0.3 is 0 Å². The van der Waals surface area contributed by atoms with Crippen molar-refractivity contribution in [2.24, 2.45) is 23.2 Å². The Balaban J connectivity index is 1.45. The standard InChI is InChI=1S/C16H27NO2/c18-15(11-17-1-3-19-4-2-17)16-8-12-5-13(9-16)7-14(6-12)10-16/h12-15,18H,1-11H2/t12?,13?,14?,15-,16?/m0/s1. The minimum atomic E-state index is -0.0981. The van der Waals surface area contributed by atoms with Crippen LogP contribution in [0.5, 0.6) is 0 Å². The zero-order valence-electron chi connectivity index (χ0n) is 11.9. The second-order valence-corrected chi connectivity index (χ2v) is 7.71. The van der Waals surface area contributed by atoms with E-state index in [-0.39, 0.29) is 11.5 Å². The summed E-state index contributed by atoms with van der Waals surface area (Å²) in [6.07, 6.45) is 8.22. The van der Waals surface area contributed by atoms with Crippen LogP contribution >= 0.6 is 0 Å². The van der Waals surface area contributed by atoms with E-state index in [4.69, 9.17) is 4.74 Å². The molecule has 5 rings (SSSR count). The predicted molar refractivity (Wildman–Crippen MR) is 73.9 cm³/mol. The molecule has 108 valence electrons. The van der Waals surface area contributed by atoms with E-state index in [9.17, 15) is 5.11 Å². The first kappa shape index (κ1) is 12.6. The molecule has 4 aliphatic carbocycles. The highest BCUT2D eigenvalue weighted by Gasteiger charge is 2.54. The van der Waals surface area contributed by atoms with E-state index in [1.807, 2.05) is 0 Å². The minimum absolute atomic E-state index is 0.0981. The van der Waals surface area contributed by atoms with Gasteiger partial charge in [0, 0.05) is 19.6 Å². The Morgan fingerprint density at radius 2 is 1.53 bits per heavy atom. The molecule has 1 aliphatic heterocycles.